The van der Waals surface area contributed by atoms with Gasteiger partial charge in [0.2, 0.25) is 10.0 Å². The average molecular weight is 315 g/mol. The van der Waals surface area contributed by atoms with Gasteiger partial charge in [0.25, 0.3) is 0 Å². The lowest BCUT2D eigenvalue weighted by molar-refractivity contribution is 0.553. The summed E-state index contributed by atoms with van der Waals surface area (Å²) in [6, 6.07) is 1.15. The summed E-state index contributed by atoms with van der Waals surface area (Å²) in [5.41, 5.74) is 5.55. The van der Waals surface area contributed by atoms with Gasteiger partial charge in [-0.3, -0.25) is 0 Å². The van der Waals surface area contributed by atoms with Gasteiger partial charge in [-0.1, -0.05) is 0 Å². The number of sulfonamides is 1. The van der Waals surface area contributed by atoms with Gasteiger partial charge in [-0.15, -0.1) is 21.5 Å². The molecule has 0 aliphatic rings. The van der Waals surface area contributed by atoms with E-state index in [0.717, 1.165) is 9.75 Å². The minimum Gasteiger partial charge on any atom is -0.326 e. The molecule has 0 radical (unpaired) electrons. The number of hydrogen-bond donors (Lipinski definition) is 2. The zero-order valence-electron chi connectivity index (χ0n) is 11.5. The third-order valence-corrected chi connectivity index (χ3v) is 5.75. The zero-order valence-corrected chi connectivity index (χ0v) is 13.1. The Hall–Kier alpha value is -1.29. The van der Waals surface area contributed by atoms with Gasteiger partial charge in [-0.05, 0) is 19.9 Å². The fourth-order valence-corrected chi connectivity index (χ4v) is 4.64. The molecule has 0 amide bonds. The summed E-state index contributed by atoms with van der Waals surface area (Å²) in [6.45, 7) is 3.83. The van der Waals surface area contributed by atoms with Crippen LogP contribution in [0.3, 0.4) is 0 Å². The van der Waals surface area contributed by atoms with E-state index in [0.29, 0.717) is 12.4 Å². The quantitative estimate of drug-likeness (QED) is 0.844. The first kappa shape index (κ1) is 15.1. The van der Waals surface area contributed by atoms with Crippen molar-refractivity contribution in [3.8, 4) is 0 Å². The molecule has 0 saturated heterocycles. The molecular weight excluding hydrogens is 298 g/mol. The summed E-state index contributed by atoms with van der Waals surface area (Å²) >= 11 is 1.39. The fourth-order valence-electron chi connectivity index (χ4n) is 1.92. The van der Waals surface area contributed by atoms with E-state index < -0.39 is 16.1 Å². The number of hydrogen-bond acceptors (Lipinski definition) is 6. The van der Waals surface area contributed by atoms with E-state index in [1.54, 1.807) is 31.5 Å². The predicted molar refractivity (Wildman–Crippen MR) is 76.7 cm³/mol. The van der Waals surface area contributed by atoms with Gasteiger partial charge in [0.1, 0.15) is 12.2 Å². The summed E-state index contributed by atoms with van der Waals surface area (Å²) in [5, 5.41) is 7.65. The SMILES string of the molecule is Cc1sc(CN)cc1S(=O)(=O)NC(C)c1nncn1C. The van der Waals surface area contributed by atoms with Crippen molar-refractivity contribution in [1.82, 2.24) is 19.5 Å². The molecular formula is C11H17N5O2S2. The van der Waals surface area contributed by atoms with Gasteiger partial charge in [-0.2, -0.15) is 0 Å². The number of nitrogens with two attached hydrogens (primary N) is 1. The Morgan fingerprint density at radius 3 is 2.75 bits per heavy atom. The molecule has 2 aromatic heterocycles. The van der Waals surface area contributed by atoms with Crippen LogP contribution in [0.1, 0.15) is 28.5 Å². The van der Waals surface area contributed by atoms with Crippen molar-refractivity contribution in [3.63, 3.8) is 0 Å². The minimum absolute atomic E-state index is 0.275. The molecule has 0 aliphatic carbocycles. The van der Waals surface area contributed by atoms with Crippen LogP contribution in [0, 0.1) is 6.92 Å². The van der Waals surface area contributed by atoms with Crippen LogP contribution >= 0.6 is 11.3 Å². The topological polar surface area (TPSA) is 103 Å². The second-order valence-electron chi connectivity index (χ2n) is 4.48. The first-order valence-corrected chi connectivity index (χ1v) is 8.30. The summed E-state index contributed by atoms with van der Waals surface area (Å²) < 4.78 is 29.1. The largest absolute Gasteiger partial charge is 0.326 e. The highest BCUT2D eigenvalue weighted by Crippen LogP contribution is 2.26. The van der Waals surface area contributed by atoms with Crippen molar-refractivity contribution in [2.75, 3.05) is 0 Å². The lowest BCUT2D eigenvalue weighted by Crippen LogP contribution is -2.28. The molecule has 2 rings (SSSR count). The standard InChI is InChI=1S/C11H17N5O2S2/c1-7(11-14-13-6-16(11)3)15-20(17,18)10-4-9(5-12)19-8(10)2/h4,6-7,15H,5,12H2,1-3H3. The Bertz CT molecular complexity index is 704. The van der Waals surface area contributed by atoms with E-state index in [2.05, 4.69) is 14.9 Å². The molecule has 110 valence electrons. The van der Waals surface area contributed by atoms with E-state index in [9.17, 15) is 8.42 Å². The maximum Gasteiger partial charge on any atom is 0.242 e. The molecule has 9 heteroatoms. The smallest absolute Gasteiger partial charge is 0.242 e. The Morgan fingerprint density at radius 1 is 1.55 bits per heavy atom. The third-order valence-electron chi connectivity index (χ3n) is 2.88. The van der Waals surface area contributed by atoms with Crippen LogP contribution in [-0.4, -0.2) is 23.2 Å². The molecule has 1 atom stereocenters. The molecule has 0 fully saturated rings. The van der Waals surface area contributed by atoms with E-state index in [4.69, 9.17) is 5.73 Å². The van der Waals surface area contributed by atoms with Crippen molar-refractivity contribution in [2.45, 2.75) is 31.3 Å². The van der Waals surface area contributed by atoms with Crippen LogP contribution in [-0.2, 0) is 23.6 Å². The molecule has 0 aliphatic heterocycles. The predicted octanol–water partition coefficient (Wildman–Crippen LogP) is 0.683. The lowest BCUT2D eigenvalue weighted by Gasteiger charge is -2.13. The molecule has 0 saturated carbocycles. The Morgan fingerprint density at radius 2 is 2.25 bits per heavy atom. The first-order chi connectivity index (χ1) is 9.35. The van der Waals surface area contributed by atoms with Crippen LogP contribution in [0.4, 0.5) is 0 Å². The van der Waals surface area contributed by atoms with Gasteiger partial charge >= 0.3 is 0 Å². The highest BCUT2D eigenvalue weighted by atomic mass is 32.2. The minimum atomic E-state index is -3.60. The number of nitrogens with zero attached hydrogens (tertiary/aromatic N) is 3. The van der Waals surface area contributed by atoms with Crippen molar-refractivity contribution in [2.24, 2.45) is 12.8 Å². The average Bonchev–Trinajstić information content (AvgIpc) is 2.94. The van der Waals surface area contributed by atoms with Crippen LogP contribution in [0.15, 0.2) is 17.3 Å². The molecule has 0 bridgehead atoms. The number of thiophene rings is 1. The molecule has 7 nitrogen and oxygen atoms in total. The summed E-state index contributed by atoms with van der Waals surface area (Å²) in [4.78, 5) is 1.84. The Kier molecular flexibility index (Phi) is 4.23. The number of nitrogens with one attached hydrogen (secondary N) is 1. The maximum atomic E-state index is 12.4. The van der Waals surface area contributed by atoms with Gasteiger partial charge in [0, 0.05) is 23.3 Å². The first-order valence-electron chi connectivity index (χ1n) is 6.00. The van der Waals surface area contributed by atoms with E-state index in [1.807, 2.05) is 0 Å². The summed E-state index contributed by atoms with van der Waals surface area (Å²) in [7, 11) is -1.83. The molecule has 1 unspecified atom stereocenters. The van der Waals surface area contributed by atoms with E-state index in [1.165, 1.54) is 17.7 Å². The highest BCUT2D eigenvalue weighted by molar-refractivity contribution is 7.89. The highest BCUT2D eigenvalue weighted by Gasteiger charge is 2.24. The van der Waals surface area contributed by atoms with Crippen LogP contribution in [0.5, 0.6) is 0 Å². The number of aromatic nitrogens is 3. The lowest BCUT2D eigenvalue weighted by atomic mass is 10.3. The van der Waals surface area contributed by atoms with Crippen LogP contribution in [0.25, 0.3) is 0 Å². The fraction of sp³-hybridized carbons (Fsp3) is 0.455. The zero-order chi connectivity index (χ0) is 14.9. The van der Waals surface area contributed by atoms with Gasteiger partial charge in [0.15, 0.2) is 0 Å². The second-order valence-corrected chi connectivity index (χ2v) is 7.50. The van der Waals surface area contributed by atoms with Crippen molar-refractivity contribution in [1.29, 1.82) is 0 Å². The monoisotopic (exact) mass is 315 g/mol. The van der Waals surface area contributed by atoms with Crippen molar-refractivity contribution >= 4 is 21.4 Å². The van der Waals surface area contributed by atoms with Crippen molar-refractivity contribution in [3.05, 3.63) is 28.0 Å². The molecule has 0 spiro atoms. The Labute approximate surface area is 121 Å². The normalized spacial score (nSPS) is 13.6. The molecule has 2 heterocycles. The molecule has 20 heavy (non-hydrogen) atoms. The van der Waals surface area contributed by atoms with E-state index >= 15 is 0 Å². The second kappa shape index (κ2) is 5.60. The summed E-state index contributed by atoms with van der Waals surface area (Å²) in [6.07, 6.45) is 1.53. The Balaban J connectivity index is 2.27. The van der Waals surface area contributed by atoms with Crippen LogP contribution < -0.4 is 10.5 Å². The maximum absolute atomic E-state index is 12.4. The molecule has 2 aromatic rings. The molecule has 0 aromatic carbocycles. The number of rotatable bonds is 5. The van der Waals surface area contributed by atoms with Crippen LogP contribution in [0.2, 0.25) is 0 Å². The molecule has 3 N–H and O–H groups in total. The van der Waals surface area contributed by atoms with E-state index in [-0.39, 0.29) is 4.90 Å². The third kappa shape index (κ3) is 2.90. The summed E-state index contributed by atoms with van der Waals surface area (Å²) in [5.74, 6) is 0.556. The van der Waals surface area contributed by atoms with Crippen molar-refractivity contribution < 1.29 is 8.42 Å². The number of aryl methyl sites for hydroxylation is 2. The van der Waals surface area contributed by atoms with Gasteiger partial charge in [-0.25, -0.2) is 13.1 Å². The van der Waals surface area contributed by atoms with Gasteiger partial charge in [0.05, 0.1) is 10.9 Å². The van der Waals surface area contributed by atoms with Gasteiger partial charge < -0.3 is 10.3 Å².